The molecule has 0 spiro atoms. The van der Waals surface area contributed by atoms with Crippen molar-refractivity contribution in [2.75, 3.05) is 13.2 Å². The van der Waals surface area contributed by atoms with E-state index < -0.39 is 44.7 Å². The molecule has 0 N–H and O–H groups in total. The molecular weight excluding hydrogens is 416 g/mol. The van der Waals surface area contributed by atoms with Crippen molar-refractivity contribution in [3.63, 3.8) is 0 Å². The van der Waals surface area contributed by atoms with Crippen molar-refractivity contribution < 1.29 is 56.0 Å². The topological polar surface area (TPSA) is 133 Å². The van der Waals surface area contributed by atoms with Crippen molar-refractivity contribution in [2.24, 2.45) is 10.8 Å². The normalized spacial score (nSPS) is 10.5. The Morgan fingerprint density at radius 3 is 1.14 bits per heavy atom. The number of hydrogen-bond donors (Lipinski definition) is 0. The first-order valence-corrected chi connectivity index (χ1v) is 10.7. The molecule has 29 heavy (non-hydrogen) atoms. The Balaban J connectivity index is -0.000000360. The second-order valence-electron chi connectivity index (χ2n) is 8.60. The van der Waals surface area contributed by atoms with Gasteiger partial charge >= 0.3 is 53.6 Å². The molecule has 0 bridgehead atoms. The van der Waals surface area contributed by atoms with Gasteiger partial charge in [-0.15, -0.1) is 0 Å². The van der Waals surface area contributed by atoms with E-state index in [0.29, 0.717) is 12.8 Å². The number of ketones is 2. The van der Waals surface area contributed by atoms with E-state index in [0.717, 1.165) is 13.2 Å². The van der Waals surface area contributed by atoms with E-state index in [4.69, 9.17) is 6.64 Å². The molecule has 0 aromatic rings. The maximum atomic E-state index is 10.8. The van der Waals surface area contributed by atoms with Crippen molar-refractivity contribution in [3.05, 3.63) is 0 Å². The molecule has 0 heterocycles. The van der Waals surface area contributed by atoms with E-state index >= 15 is 0 Å². The average molecular weight is 452 g/mol. The number of aliphatic carboxylic acids is 2. The van der Waals surface area contributed by atoms with Crippen LogP contribution in [-0.4, -0.2) is 36.7 Å². The van der Waals surface area contributed by atoms with Gasteiger partial charge in [-0.1, -0.05) is 41.5 Å². The molecule has 8 nitrogen and oxygen atoms in total. The SMILES string of the molecule is CC(C)(C)CC(=O)CC(=O)[O-].CC(C)(C)CC(=O)CC(=O)[O-].CC[O][Ti+2][O]CC. The Kier molecular flexibility index (Phi) is 19.9. The summed E-state index contributed by atoms with van der Waals surface area (Å²) in [7, 11) is 0. The van der Waals surface area contributed by atoms with Crippen molar-refractivity contribution in [3.8, 4) is 0 Å². The van der Waals surface area contributed by atoms with Gasteiger partial charge in [-0.25, -0.2) is 0 Å². The molecule has 0 aromatic carbocycles. The molecule has 0 amide bonds. The second kappa shape index (κ2) is 17.7. The van der Waals surface area contributed by atoms with Crippen LogP contribution in [0.25, 0.3) is 0 Å². The van der Waals surface area contributed by atoms with Crippen molar-refractivity contribution in [1.82, 2.24) is 0 Å². The van der Waals surface area contributed by atoms with Crippen molar-refractivity contribution >= 4 is 23.5 Å². The number of carboxylic acid groups (broad SMARTS) is 2. The quantitative estimate of drug-likeness (QED) is 0.275. The summed E-state index contributed by atoms with van der Waals surface area (Å²) < 4.78 is 9.95. The summed E-state index contributed by atoms with van der Waals surface area (Å²) in [4.78, 5) is 41.6. The number of carboxylic acids is 2. The van der Waals surface area contributed by atoms with Gasteiger partial charge < -0.3 is 19.8 Å². The summed E-state index contributed by atoms with van der Waals surface area (Å²) in [6, 6.07) is 0. The zero-order valence-electron chi connectivity index (χ0n) is 19.0. The van der Waals surface area contributed by atoms with Crippen LogP contribution >= 0.6 is 0 Å². The first-order valence-electron chi connectivity index (χ1n) is 9.45. The predicted molar refractivity (Wildman–Crippen MR) is 101 cm³/mol. The van der Waals surface area contributed by atoms with Gasteiger partial charge in [0.05, 0.1) is 0 Å². The van der Waals surface area contributed by atoms with Crippen LogP contribution in [0, 0.1) is 10.8 Å². The van der Waals surface area contributed by atoms with Crippen LogP contribution in [0.2, 0.25) is 0 Å². The standard InChI is InChI=1S/2C8H14O3.2C2H5O.Ti/c2*1-8(2,3)5-6(9)4-7(10)11;2*1-2-3;/h2*4-5H2,1-3H3,(H,10,11);2*2H2,1H3;/q;;2*-1;+4/p-2. The molecule has 0 fully saturated rings. The third kappa shape index (κ3) is 38.2. The third-order valence-electron chi connectivity index (χ3n) is 2.54. The van der Waals surface area contributed by atoms with Gasteiger partial charge in [0.1, 0.15) is 11.6 Å². The van der Waals surface area contributed by atoms with E-state index in [9.17, 15) is 29.4 Å². The Morgan fingerprint density at radius 1 is 0.690 bits per heavy atom. The Labute approximate surface area is 184 Å². The molecular formula is C20H36O8Ti. The van der Waals surface area contributed by atoms with Gasteiger partial charge in [0.15, 0.2) is 0 Å². The molecule has 0 saturated heterocycles. The molecule has 0 aliphatic carbocycles. The summed E-state index contributed by atoms with van der Waals surface area (Å²) >= 11 is -0.486. The minimum absolute atomic E-state index is 0.132. The van der Waals surface area contributed by atoms with E-state index in [1.54, 1.807) is 0 Å². The first kappa shape index (κ1) is 32.6. The zero-order valence-corrected chi connectivity index (χ0v) is 20.6. The monoisotopic (exact) mass is 452 g/mol. The fraction of sp³-hybridized carbons (Fsp3) is 0.800. The Bertz CT molecular complexity index is 446. The summed E-state index contributed by atoms with van der Waals surface area (Å²) in [5.74, 6) is -3.12. The van der Waals surface area contributed by atoms with Gasteiger partial charge in [0.2, 0.25) is 0 Å². The van der Waals surface area contributed by atoms with Crippen LogP contribution in [0.4, 0.5) is 0 Å². The van der Waals surface area contributed by atoms with E-state index in [-0.39, 0.29) is 22.4 Å². The van der Waals surface area contributed by atoms with Crippen molar-refractivity contribution in [1.29, 1.82) is 0 Å². The summed E-state index contributed by atoms with van der Waals surface area (Å²) in [6.07, 6.45) is -0.337. The molecule has 0 aromatic heterocycles. The fourth-order valence-corrected chi connectivity index (χ4v) is 2.29. The molecule has 0 radical (unpaired) electrons. The summed E-state index contributed by atoms with van der Waals surface area (Å²) in [5.41, 5.74) is -0.265. The molecule has 0 unspecified atom stereocenters. The molecule has 9 heteroatoms. The molecule has 0 rings (SSSR count). The predicted octanol–water partition coefficient (Wildman–Crippen LogP) is 1.24. The second-order valence-corrected chi connectivity index (χ2v) is 9.76. The van der Waals surface area contributed by atoms with E-state index in [2.05, 4.69) is 0 Å². The summed E-state index contributed by atoms with van der Waals surface area (Å²) in [5, 5.41) is 19.9. The molecule has 0 aliphatic heterocycles. The number of rotatable bonds is 10. The van der Waals surface area contributed by atoms with Crippen molar-refractivity contribution in [2.45, 2.75) is 81.1 Å². The molecule has 168 valence electrons. The van der Waals surface area contributed by atoms with Crippen LogP contribution in [-0.2, 0) is 45.7 Å². The van der Waals surface area contributed by atoms with E-state index in [1.165, 1.54) is 0 Å². The Morgan fingerprint density at radius 2 is 0.966 bits per heavy atom. The van der Waals surface area contributed by atoms with Crippen LogP contribution in [0.3, 0.4) is 0 Å². The van der Waals surface area contributed by atoms with Crippen LogP contribution in [0.5, 0.6) is 0 Å². The minimum atomic E-state index is -1.29. The van der Waals surface area contributed by atoms with Crippen LogP contribution in [0.1, 0.15) is 81.1 Å². The Hall–Kier alpha value is -1.09. The summed E-state index contributed by atoms with van der Waals surface area (Å²) in [6.45, 7) is 16.9. The average Bonchev–Trinajstić information content (AvgIpc) is 2.43. The van der Waals surface area contributed by atoms with E-state index in [1.807, 2.05) is 55.4 Å². The van der Waals surface area contributed by atoms with Gasteiger partial charge in [0, 0.05) is 37.6 Å². The molecule has 0 saturated carbocycles. The van der Waals surface area contributed by atoms with Gasteiger partial charge in [-0.2, -0.15) is 0 Å². The van der Waals surface area contributed by atoms with Gasteiger partial charge in [-0.3, -0.25) is 9.59 Å². The van der Waals surface area contributed by atoms with Gasteiger partial charge in [0.25, 0.3) is 0 Å². The molecule has 0 aliphatic rings. The van der Waals surface area contributed by atoms with Crippen LogP contribution < -0.4 is 10.2 Å². The first-order chi connectivity index (χ1) is 13.0. The fourth-order valence-electron chi connectivity index (χ4n) is 1.79. The maximum absolute atomic E-state index is 10.8. The van der Waals surface area contributed by atoms with Crippen LogP contribution in [0.15, 0.2) is 0 Å². The third-order valence-corrected chi connectivity index (χ3v) is 3.81. The number of carbonyl (C=O) groups excluding carboxylic acids is 4. The van der Waals surface area contributed by atoms with Gasteiger partial charge in [-0.05, 0) is 10.8 Å². The number of Topliss-reactive ketones (excluding diaryl/α,β-unsaturated/α-hetero) is 2. The number of hydrogen-bond acceptors (Lipinski definition) is 8. The number of carbonyl (C=O) groups is 4. The zero-order chi connectivity index (χ0) is 23.7. The molecule has 0 atom stereocenters.